The second-order valence-electron chi connectivity index (χ2n) is 5.50. The minimum absolute atomic E-state index is 0.0206. The van der Waals surface area contributed by atoms with Crippen molar-refractivity contribution in [3.8, 4) is 0 Å². The largest absolute Gasteiger partial charge is 0.351 e. The van der Waals surface area contributed by atoms with Gasteiger partial charge >= 0.3 is 0 Å². The number of benzene rings is 1. The van der Waals surface area contributed by atoms with E-state index in [1.807, 2.05) is 32.0 Å². The molecule has 1 aliphatic carbocycles. The van der Waals surface area contributed by atoms with Gasteiger partial charge in [0.1, 0.15) is 0 Å². The van der Waals surface area contributed by atoms with Crippen LogP contribution in [-0.4, -0.2) is 17.5 Å². The molecule has 1 saturated carbocycles. The molecule has 0 radical (unpaired) electrons. The molecule has 3 N–H and O–H groups in total. The zero-order chi connectivity index (χ0) is 13.2. The average Bonchev–Trinajstić information content (AvgIpc) is 3.09. The van der Waals surface area contributed by atoms with Crippen molar-refractivity contribution in [2.24, 2.45) is 5.73 Å². The molecule has 0 heterocycles. The number of nitrogens with two attached hydrogens (primary N) is 1. The Morgan fingerprint density at radius 1 is 1.44 bits per heavy atom. The molecule has 1 aliphatic rings. The van der Waals surface area contributed by atoms with E-state index >= 15 is 0 Å². The van der Waals surface area contributed by atoms with E-state index in [0.29, 0.717) is 5.92 Å². The number of hydrogen-bond donors (Lipinski definition) is 2. The lowest BCUT2D eigenvalue weighted by atomic mass is 9.96. The summed E-state index contributed by atoms with van der Waals surface area (Å²) in [6, 6.07) is 10.6. The predicted molar refractivity (Wildman–Crippen MR) is 73.2 cm³/mol. The molecule has 3 atom stereocenters. The minimum Gasteiger partial charge on any atom is -0.351 e. The first-order chi connectivity index (χ1) is 8.54. The summed E-state index contributed by atoms with van der Waals surface area (Å²) in [5.74, 6) is 0.445. The molecule has 98 valence electrons. The van der Waals surface area contributed by atoms with Crippen molar-refractivity contribution in [2.45, 2.75) is 50.6 Å². The van der Waals surface area contributed by atoms with Crippen LogP contribution in [0.3, 0.4) is 0 Å². The third-order valence-corrected chi connectivity index (χ3v) is 3.62. The smallest absolute Gasteiger partial charge is 0.240 e. The third kappa shape index (κ3) is 2.91. The van der Waals surface area contributed by atoms with Gasteiger partial charge in [0.25, 0.3) is 0 Å². The number of carbonyl (C=O) groups excluding carboxylic acids is 1. The van der Waals surface area contributed by atoms with E-state index in [1.54, 1.807) is 0 Å². The topological polar surface area (TPSA) is 55.1 Å². The summed E-state index contributed by atoms with van der Waals surface area (Å²) in [4.78, 5) is 12.0. The van der Waals surface area contributed by atoms with E-state index in [4.69, 9.17) is 5.73 Å². The van der Waals surface area contributed by atoms with E-state index < -0.39 is 5.54 Å². The lowest BCUT2D eigenvalue weighted by molar-refractivity contribution is -0.126. The van der Waals surface area contributed by atoms with Gasteiger partial charge in [0.2, 0.25) is 5.91 Å². The van der Waals surface area contributed by atoms with Crippen LogP contribution in [0.25, 0.3) is 0 Å². The second kappa shape index (κ2) is 5.11. The number of nitrogens with one attached hydrogen (secondary N) is 1. The van der Waals surface area contributed by atoms with Gasteiger partial charge < -0.3 is 11.1 Å². The van der Waals surface area contributed by atoms with Gasteiger partial charge in [-0.1, -0.05) is 43.7 Å². The fourth-order valence-electron chi connectivity index (χ4n) is 2.39. The highest BCUT2D eigenvalue weighted by molar-refractivity contribution is 5.86. The Labute approximate surface area is 109 Å². The monoisotopic (exact) mass is 246 g/mol. The summed E-state index contributed by atoms with van der Waals surface area (Å²) in [6.07, 6.45) is 2.67. The lowest BCUT2D eigenvalue weighted by Gasteiger charge is -2.22. The van der Waals surface area contributed by atoms with Gasteiger partial charge in [-0.3, -0.25) is 4.79 Å². The Morgan fingerprint density at radius 2 is 2.11 bits per heavy atom. The van der Waals surface area contributed by atoms with E-state index in [9.17, 15) is 4.79 Å². The highest BCUT2D eigenvalue weighted by Crippen LogP contribution is 2.40. The molecule has 3 unspecified atom stereocenters. The van der Waals surface area contributed by atoms with Crippen LogP contribution in [0.4, 0.5) is 0 Å². The third-order valence-electron chi connectivity index (χ3n) is 3.62. The summed E-state index contributed by atoms with van der Waals surface area (Å²) in [5, 5.41) is 3.06. The minimum atomic E-state index is -0.738. The van der Waals surface area contributed by atoms with E-state index in [-0.39, 0.29) is 11.9 Å². The zero-order valence-corrected chi connectivity index (χ0v) is 11.1. The second-order valence-corrected chi connectivity index (χ2v) is 5.50. The van der Waals surface area contributed by atoms with Gasteiger partial charge in [-0.15, -0.1) is 0 Å². The van der Waals surface area contributed by atoms with Crippen molar-refractivity contribution in [1.29, 1.82) is 0 Å². The number of carbonyl (C=O) groups is 1. The van der Waals surface area contributed by atoms with Crippen molar-refractivity contribution in [3.05, 3.63) is 35.9 Å². The van der Waals surface area contributed by atoms with Gasteiger partial charge in [0.05, 0.1) is 5.54 Å². The van der Waals surface area contributed by atoms with Crippen molar-refractivity contribution >= 4 is 5.91 Å². The average molecular weight is 246 g/mol. The molecule has 0 aliphatic heterocycles. The maximum atomic E-state index is 12.0. The zero-order valence-electron chi connectivity index (χ0n) is 11.1. The molecule has 3 nitrogen and oxygen atoms in total. The van der Waals surface area contributed by atoms with Crippen LogP contribution < -0.4 is 11.1 Å². The summed E-state index contributed by atoms with van der Waals surface area (Å²) < 4.78 is 0. The summed E-state index contributed by atoms with van der Waals surface area (Å²) in [6.45, 7) is 3.86. The van der Waals surface area contributed by atoms with Gasteiger partial charge in [-0.2, -0.15) is 0 Å². The molecule has 1 amide bonds. The number of hydrogen-bond acceptors (Lipinski definition) is 2. The maximum Gasteiger partial charge on any atom is 0.240 e. The number of amides is 1. The first-order valence-electron chi connectivity index (χ1n) is 6.69. The summed E-state index contributed by atoms with van der Waals surface area (Å²) in [7, 11) is 0. The molecule has 0 bridgehead atoms. The first kappa shape index (κ1) is 13.1. The van der Waals surface area contributed by atoms with Crippen molar-refractivity contribution < 1.29 is 4.79 Å². The fraction of sp³-hybridized carbons (Fsp3) is 0.533. The summed E-state index contributed by atoms with van der Waals surface area (Å²) >= 11 is 0. The van der Waals surface area contributed by atoms with E-state index in [2.05, 4.69) is 17.4 Å². The van der Waals surface area contributed by atoms with Gasteiger partial charge in [0.15, 0.2) is 0 Å². The van der Waals surface area contributed by atoms with Crippen LogP contribution in [-0.2, 0) is 4.79 Å². The van der Waals surface area contributed by atoms with Crippen LogP contribution in [0.15, 0.2) is 30.3 Å². The van der Waals surface area contributed by atoms with Crippen LogP contribution in [0.1, 0.15) is 44.6 Å². The highest BCUT2D eigenvalue weighted by atomic mass is 16.2. The Morgan fingerprint density at radius 3 is 2.72 bits per heavy atom. The quantitative estimate of drug-likeness (QED) is 0.836. The van der Waals surface area contributed by atoms with E-state index in [0.717, 1.165) is 19.3 Å². The normalized spacial score (nSPS) is 25.3. The Kier molecular flexibility index (Phi) is 3.71. The Hall–Kier alpha value is -1.35. The van der Waals surface area contributed by atoms with Crippen LogP contribution >= 0.6 is 0 Å². The lowest BCUT2D eigenvalue weighted by Crippen LogP contribution is -2.52. The van der Waals surface area contributed by atoms with Crippen molar-refractivity contribution in [3.63, 3.8) is 0 Å². The SMILES string of the molecule is CCCC(C)(N)C(=O)NC1CC1c1ccccc1. The molecule has 0 aromatic heterocycles. The maximum absolute atomic E-state index is 12.0. The molecular weight excluding hydrogens is 224 g/mol. The van der Waals surface area contributed by atoms with Crippen LogP contribution in [0.2, 0.25) is 0 Å². The van der Waals surface area contributed by atoms with Gasteiger partial charge in [0, 0.05) is 12.0 Å². The van der Waals surface area contributed by atoms with Crippen LogP contribution in [0.5, 0.6) is 0 Å². The predicted octanol–water partition coefficient (Wildman–Crippen LogP) is 2.18. The Bertz CT molecular complexity index is 414. The van der Waals surface area contributed by atoms with Crippen LogP contribution in [0, 0.1) is 0 Å². The molecule has 18 heavy (non-hydrogen) atoms. The fourth-order valence-corrected chi connectivity index (χ4v) is 2.39. The first-order valence-corrected chi connectivity index (χ1v) is 6.69. The molecule has 1 aromatic carbocycles. The Balaban J connectivity index is 1.88. The van der Waals surface area contributed by atoms with Crippen molar-refractivity contribution in [1.82, 2.24) is 5.32 Å². The molecule has 0 saturated heterocycles. The molecule has 1 fully saturated rings. The van der Waals surface area contributed by atoms with Gasteiger partial charge in [-0.25, -0.2) is 0 Å². The molecule has 3 heteroatoms. The number of rotatable bonds is 5. The molecule has 2 rings (SSSR count). The summed E-state index contributed by atoms with van der Waals surface area (Å²) in [5.41, 5.74) is 6.58. The molecular formula is C15H22N2O. The standard InChI is InChI=1S/C15H22N2O/c1-3-9-15(2,16)14(18)17-13-10-12(13)11-7-5-4-6-8-11/h4-8,12-13H,3,9-10,16H2,1-2H3,(H,17,18). The van der Waals surface area contributed by atoms with Gasteiger partial charge in [-0.05, 0) is 25.3 Å². The van der Waals surface area contributed by atoms with Crippen molar-refractivity contribution in [2.75, 3.05) is 0 Å². The molecule has 1 aromatic rings. The van der Waals surface area contributed by atoms with E-state index in [1.165, 1.54) is 5.56 Å². The highest BCUT2D eigenvalue weighted by Gasteiger charge is 2.41. The molecule has 0 spiro atoms.